The first-order chi connectivity index (χ1) is 10.6. The lowest BCUT2D eigenvalue weighted by atomic mass is 9.49. The summed E-state index contributed by atoms with van der Waals surface area (Å²) < 4.78 is 0. The molecule has 1 heterocycles. The van der Waals surface area contributed by atoms with Crippen LogP contribution < -0.4 is 5.32 Å². The van der Waals surface area contributed by atoms with Gasteiger partial charge >= 0.3 is 0 Å². The lowest BCUT2D eigenvalue weighted by molar-refractivity contribution is -0.0598. The van der Waals surface area contributed by atoms with Gasteiger partial charge in [-0.1, -0.05) is 20.3 Å². The lowest BCUT2D eigenvalue weighted by Crippen LogP contribution is -2.48. The minimum absolute atomic E-state index is 0.631. The third-order valence-corrected chi connectivity index (χ3v) is 7.85. The molecule has 0 aromatic carbocycles. The van der Waals surface area contributed by atoms with E-state index in [0.29, 0.717) is 11.5 Å². The summed E-state index contributed by atoms with van der Waals surface area (Å²) >= 11 is 5.61. The van der Waals surface area contributed by atoms with Crippen LogP contribution in [0.1, 0.15) is 65.2 Å². The molecule has 4 aliphatic carbocycles. The standard InChI is InChI=1S/C19H32N2S/c1-3-13(2)17-12-20-18(22)21(17)5-4-19-9-14-6-15(10-19)8-16(7-14)11-19/h13-17H,3-12H2,1-2H3,(H,20,22)/t13?,14?,15?,16?,17-,19?/m0/s1. The summed E-state index contributed by atoms with van der Waals surface area (Å²) in [5.74, 6) is 3.95. The van der Waals surface area contributed by atoms with Crippen LogP contribution in [0.2, 0.25) is 0 Å². The molecule has 1 saturated heterocycles. The van der Waals surface area contributed by atoms with Crippen LogP contribution in [0, 0.1) is 29.1 Å². The Morgan fingerprint density at radius 2 is 1.77 bits per heavy atom. The van der Waals surface area contributed by atoms with E-state index in [1.54, 1.807) is 19.3 Å². The fraction of sp³-hybridized carbons (Fsp3) is 0.947. The predicted molar refractivity (Wildman–Crippen MR) is 95.8 cm³/mol. The molecule has 22 heavy (non-hydrogen) atoms. The molecule has 5 rings (SSSR count). The molecule has 1 N–H and O–H groups in total. The van der Waals surface area contributed by atoms with Crippen molar-refractivity contribution in [2.24, 2.45) is 29.1 Å². The fourth-order valence-corrected chi connectivity index (χ4v) is 6.87. The second kappa shape index (κ2) is 5.65. The lowest BCUT2D eigenvalue weighted by Gasteiger charge is -2.57. The summed E-state index contributed by atoms with van der Waals surface area (Å²) in [5, 5.41) is 4.47. The van der Waals surface area contributed by atoms with Gasteiger partial charge in [-0.2, -0.15) is 0 Å². The highest BCUT2D eigenvalue weighted by Gasteiger charge is 2.50. The van der Waals surface area contributed by atoms with Gasteiger partial charge in [0.1, 0.15) is 0 Å². The third kappa shape index (κ3) is 2.57. The van der Waals surface area contributed by atoms with Crippen LogP contribution >= 0.6 is 12.2 Å². The number of hydrogen-bond donors (Lipinski definition) is 1. The van der Waals surface area contributed by atoms with Gasteiger partial charge in [0.25, 0.3) is 0 Å². The van der Waals surface area contributed by atoms with Crippen LogP contribution in [0.4, 0.5) is 0 Å². The highest BCUT2D eigenvalue weighted by molar-refractivity contribution is 7.80. The summed E-state index contributed by atoms with van der Waals surface area (Å²) in [5.41, 5.74) is 0.687. The van der Waals surface area contributed by atoms with Gasteiger partial charge in [0.15, 0.2) is 5.11 Å². The molecular weight excluding hydrogens is 288 g/mol. The van der Waals surface area contributed by atoms with Crippen molar-refractivity contribution in [2.75, 3.05) is 13.1 Å². The van der Waals surface area contributed by atoms with Crippen molar-refractivity contribution in [2.45, 2.75) is 71.3 Å². The molecular formula is C19H32N2S. The van der Waals surface area contributed by atoms with Crippen LogP contribution in [0.25, 0.3) is 0 Å². The number of hydrogen-bond acceptors (Lipinski definition) is 1. The van der Waals surface area contributed by atoms with Gasteiger partial charge in [0.05, 0.1) is 6.04 Å². The molecule has 4 bridgehead atoms. The van der Waals surface area contributed by atoms with Crippen LogP contribution in [-0.2, 0) is 0 Å². The van der Waals surface area contributed by atoms with Crippen molar-refractivity contribution in [1.82, 2.24) is 10.2 Å². The maximum absolute atomic E-state index is 5.61. The normalized spacial score (nSPS) is 44.5. The minimum atomic E-state index is 0.631. The Kier molecular flexibility index (Phi) is 3.91. The Morgan fingerprint density at radius 3 is 2.32 bits per heavy atom. The van der Waals surface area contributed by atoms with Gasteiger partial charge in [0, 0.05) is 13.1 Å². The van der Waals surface area contributed by atoms with E-state index in [4.69, 9.17) is 12.2 Å². The van der Waals surface area contributed by atoms with Gasteiger partial charge in [-0.05, 0) is 86.3 Å². The first-order valence-electron chi connectivity index (χ1n) is 9.63. The van der Waals surface area contributed by atoms with Gasteiger partial charge in [0.2, 0.25) is 0 Å². The summed E-state index contributed by atoms with van der Waals surface area (Å²) in [7, 11) is 0. The number of rotatable bonds is 5. The molecule has 0 amide bonds. The Hall–Kier alpha value is -0.310. The quantitative estimate of drug-likeness (QED) is 0.764. The summed E-state index contributed by atoms with van der Waals surface area (Å²) in [6.07, 6.45) is 11.9. The number of nitrogens with one attached hydrogen (secondary N) is 1. The van der Waals surface area contributed by atoms with Crippen molar-refractivity contribution in [3.8, 4) is 0 Å². The molecule has 1 aliphatic heterocycles. The highest BCUT2D eigenvalue weighted by Crippen LogP contribution is 2.61. The third-order valence-electron chi connectivity index (χ3n) is 7.47. The average Bonchev–Trinajstić information content (AvgIpc) is 2.84. The van der Waals surface area contributed by atoms with E-state index < -0.39 is 0 Å². The summed E-state index contributed by atoms with van der Waals surface area (Å²) in [4.78, 5) is 2.54. The first-order valence-corrected chi connectivity index (χ1v) is 10.0. The number of thiocarbonyl (C=S) groups is 1. The van der Waals surface area contributed by atoms with Crippen LogP contribution in [0.3, 0.4) is 0 Å². The molecule has 4 saturated carbocycles. The molecule has 0 aromatic heterocycles. The Labute approximate surface area is 141 Å². The van der Waals surface area contributed by atoms with E-state index in [9.17, 15) is 0 Å². The van der Waals surface area contributed by atoms with Crippen molar-refractivity contribution >= 4 is 17.3 Å². The van der Waals surface area contributed by atoms with E-state index in [1.165, 1.54) is 38.6 Å². The maximum Gasteiger partial charge on any atom is 0.169 e. The van der Waals surface area contributed by atoms with Gasteiger partial charge in [-0.25, -0.2) is 0 Å². The van der Waals surface area contributed by atoms with Crippen molar-refractivity contribution < 1.29 is 0 Å². The molecule has 3 heteroatoms. The average molecular weight is 321 g/mol. The Bertz CT molecular complexity index is 411. The zero-order chi connectivity index (χ0) is 15.3. The second-order valence-corrected chi connectivity index (χ2v) is 9.39. The molecule has 5 fully saturated rings. The van der Waals surface area contributed by atoms with Crippen molar-refractivity contribution in [1.29, 1.82) is 0 Å². The van der Waals surface area contributed by atoms with Crippen LogP contribution in [-0.4, -0.2) is 29.1 Å². The van der Waals surface area contributed by atoms with Crippen molar-refractivity contribution in [3.63, 3.8) is 0 Å². The van der Waals surface area contributed by atoms with Gasteiger partial charge in [-0.3, -0.25) is 0 Å². The fourth-order valence-electron chi connectivity index (χ4n) is 6.56. The van der Waals surface area contributed by atoms with E-state index in [1.807, 2.05) is 0 Å². The SMILES string of the molecule is CCC(C)[C@@H]1CNC(=S)N1CCC12CC3CC(CC(C3)C1)C2. The zero-order valence-corrected chi connectivity index (χ0v) is 15.1. The van der Waals surface area contributed by atoms with E-state index >= 15 is 0 Å². The summed E-state index contributed by atoms with van der Waals surface area (Å²) in [6, 6.07) is 0.631. The highest BCUT2D eigenvalue weighted by atomic mass is 32.1. The molecule has 2 atom stereocenters. The smallest absolute Gasteiger partial charge is 0.169 e. The predicted octanol–water partition coefficient (Wildman–Crippen LogP) is 4.20. The van der Waals surface area contributed by atoms with Crippen LogP contribution in [0.5, 0.6) is 0 Å². The molecule has 0 aromatic rings. The second-order valence-electron chi connectivity index (χ2n) is 9.00. The van der Waals surface area contributed by atoms with Crippen LogP contribution in [0.15, 0.2) is 0 Å². The monoisotopic (exact) mass is 320 g/mol. The minimum Gasteiger partial charge on any atom is -0.360 e. The van der Waals surface area contributed by atoms with Crippen molar-refractivity contribution in [3.05, 3.63) is 0 Å². The summed E-state index contributed by atoms with van der Waals surface area (Å²) in [6.45, 7) is 6.96. The molecule has 2 nitrogen and oxygen atoms in total. The Morgan fingerprint density at radius 1 is 1.18 bits per heavy atom. The zero-order valence-electron chi connectivity index (χ0n) is 14.3. The molecule has 124 valence electrons. The molecule has 0 spiro atoms. The Balaban J connectivity index is 1.42. The van der Waals surface area contributed by atoms with E-state index in [2.05, 4.69) is 24.1 Å². The number of nitrogens with zero attached hydrogens (tertiary/aromatic N) is 1. The van der Waals surface area contributed by atoms with Gasteiger partial charge in [-0.15, -0.1) is 0 Å². The maximum atomic E-state index is 5.61. The molecule has 5 aliphatic rings. The van der Waals surface area contributed by atoms with E-state index in [0.717, 1.165) is 35.3 Å². The first kappa shape index (κ1) is 15.2. The topological polar surface area (TPSA) is 15.3 Å². The van der Waals surface area contributed by atoms with E-state index in [-0.39, 0.29) is 0 Å². The van der Waals surface area contributed by atoms with Gasteiger partial charge < -0.3 is 10.2 Å². The molecule has 1 unspecified atom stereocenters. The largest absolute Gasteiger partial charge is 0.360 e. The molecule has 0 radical (unpaired) electrons.